The zero-order chi connectivity index (χ0) is 8.91. The van der Waals surface area contributed by atoms with Gasteiger partial charge in [0.05, 0.1) is 0 Å². The lowest BCUT2D eigenvalue weighted by molar-refractivity contribution is -0.231. The van der Waals surface area contributed by atoms with Crippen LogP contribution in [0, 0.1) is 5.41 Å². The van der Waals surface area contributed by atoms with Gasteiger partial charge in [-0.15, -0.1) is 6.58 Å². The van der Waals surface area contributed by atoms with Gasteiger partial charge in [0.15, 0.2) is 0 Å². The summed E-state index contributed by atoms with van der Waals surface area (Å²) in [4.78, 5) is 0. The van der Waals surface area contributed by atoms with E-state index in [4.69, 9.17) is 11.6 Å². The second-order valence-corrected chi connectivity index (χ2v) is 3.60. The van der Waals surface area contributed by atoms with Crippen LogP contribution in [0.5, 0.6) is 0 Å². The first-order valence-corrected chi connectivity index (χ1v) is 3.54. The molecule has 0 saturated heterocycles. The van der Waals surface area contributed by atoms with Gasteiger partial charge in [0, 0.05) is 11.8 Å². The van der Waals surface area contributed by atoms with Crippen LogP contribution in [-0.2, 0) is 0 Å². The third-order valence-corrected chi connectivity index (χ3v) is 2.92. The van der Waals surface area contributed by atoms with Gasteiger partial charge < -0.3 is 0 Å². The Bertz CT molecular complexity index is 200. The minimum atomic E-state index is -3.42. The Kier molecular flexibility index (Phi) is 1.58. The number of hydrogen-bond acceptors (Lipinski definition) is 0. The molecule has 0 unspecified atom stereocenters. The topological polar surface area (TPSA) is 0 Å². The average molecular weight is 185 g/mol. The van der Waals surface area contributed by atoms with Crippen molar-refractivity contribution >= 4 is 11.6 Å². The van der Waals surface area contributed by atoms with Crippen LogP contribution in [0.3, 0.4) is 0 Å². The van der Waals surface area contributed by atoms with E-state index in [0.717, 1.165) is 6.08 Å². The van der Waals surface area contributed by atoms with Crippen molar-refractivity contribution in [2.75, 3.05) is 0 Å². The van der Waals surface area contributed by atoms with Gasteiger partial charge in [-0.05, 0) is 0 Å². The maximum absolute atomic E-state index is 13.0. The lowest BCUT2D eigenvalue weighted by atomic mass is 9.65. The first-order valence-electron chi connectivity index (χ1n) is 3.16. The van der Waals surface area contributed by atoms with E-state index in [0.29, 0.717) is 0 Å². The first kappa shape index (κ1) is 8.91. The molecule has 0 aromatic heterocycles. The van der Waals surface area contributed by atoms with Crippen LogP contribution in [-0.4, -0.2) is 11.1 Å². The molecule has 1 aliphatic carbocycles. The maximum atomic E-state index is 13.0. The van der Waals surface area contributed by atoms with Crippen molar-refractivity contribution in [1.82, 2.24) is 0 Å². The molecule has 0 nitrogen and oxygen atoms in total. The second-order valence-electron chi connectivity index (χ2n) is 3.08. The second kappa shape index (κ2) is 1.94. The molecule has 1 saturated carbocycles. The molecule has 1 rings (SSSR count). The van der Waals surface area contributed by atoms with Gasteiger partial charge >= 0.3 is 0 Å². The fourth-order valence-corrected chi connectivity index (χ4v) is 1.41. The van der Waals surface area contributed by atoms with Crippen molar-refractivity contribution in [2.24, 2.45) is 5.41 Å². The lowest BCUT2D eigenvalue weighted by Gasteiger charge is -2.52. The summed E-state index contributed by atoms with van der Waals surface area (Å²) in [6, 6.07) is 0. The minimum absolute atomic E-state index is 0.566. The average Bonchev–Trinajstić information content (AvgIpc) is 1.86. The van der Waals surface area contributed by atoms with Crippen LogP contribution in [0.4, 0.5) is 13.2 Å². The van der Waals surface area contributed by atoms with Gasteiger partial charge in [0.25, 0.3) is 11.1 Å². The smallest absolute Gasteiger partial charge is 0.219 e. The number of rotatable bonds is 1. The third-order valence-electron chi connectivity index (χ3n) is 2.22. The molecular weight excluding hydrogens is 177 g/mol. The van der Waals surface area contributed by atoms with Gasteiger partial charge in [-0.1, -0.05) is 24.6 Å². The van der Waals surface area contributed by atoms with Crippen molar-refractivity contribution in [3.05, 3.63) is 12.7 Å². The summed E-state index contributed by atoms with van der Waals surface area (Å²) in [7, 11) is 0. The summed E-state index contributed by atoms with van der Waals surface area (Å²) < 4.78 is 37.9. The Morgan fingerprint density at radius 1 is 1.45 bits per heavy atom. The number of hydrogen-bond donors (Lipinski definition) is 0. The van der Waals surface area contributed by atoms with E-state index in [2.05, 4.69) is 6.58 Å². The van der Waals surface area contributed by atoms with Crippen LogP contribution < -0.4 is 0 Å². The Labute approximate surface area is 68.0 Å². The molecule has 0 amide bonds. The number of halogens is 4. The largest absolute Gasteiger partial charge is 0.297 e. The molecule has 1 aliphatic rings. The van der Waals surface area contributed by atoms with Crippen molar-refractivity contribution in [3.63, 3.8) is 0 Å². The fraction of sp³-hybridized carbons (Fsp3) is 0.714. The van der Waals surface area contributed by atoms with Crippen LogP contribution in [0.2, 0.25) is 0 Å². The van der Waals surface area contributed by atoms with Gasteiger partial charge in [0.1, 0.15) is 0 Å². The molecule has 0 heterocycles. The molecule has 2 atom stereocenters. The molecule has 0 N–H and O–H groups in total. The van der Waals surface area contributed by atoms with Gasteiger partial charge in [-0.3, -0.25) is 0 Å². The standard InChI is InChI=1S/C7H8ClF3/c1-3-5(2)4-6(9,10)7(5,8)11/h3H,1,4H2,2H3/t5-,7+/m1/s1. The van der Waals surface area contributed by atoms with E-state index >= 15 is 0 Å². The summed E-state index contributed by atoms with van der Waals surface area (Å²) in [5.74, 6) is -3.42. The van der Waals surface area contributed by atoms with E-state index < -0.39 is 22.9 Å². The Morgan fingerprint density at radius 3 is 2.00 bits per heavy atom. The SMILES string of the molecule is C=C[C@]1(C)CC(F)(F)[C@]1(F)Cl. The molecule has 0 spiro atoms. The molecule has 0 radical (unpaired) electrons. The highest BCUT2D eigenvalue weighted by molar-refractivity contribution is 6.25. The summed E-state index contributed by atoms with van der Waals surface area (Å²) in [6.45, 7) is 4.58. The Hall–Kier alpha value is -0.180. The van der Waals surface area contributed by atoms with E-state index in [-0.39, 0.29) is 0 Å². The van der Waals surface area contributed by atoms with Crippen LogP contribution >= 0.6 is 11.6 Å². The van der Waals surface area contributed by atoms with E-state index in [1.165, 1.54) is 6.92 Å². The quantitative estimate of drug-likeness (QED) is 0.434. The summed E-state index contributed by atoms with van der Waals surface area (Å²) >= 11 is 5.02. The highest BCUT2D eigenvalue weighted by atomic mass is 35.5. The molecule has 4 heteroatoms. The zero-order valence-corrected chi connectivity index (χ0v) is 6.76. The predicted octanol–water partition coefficient (Wildman–Crippen LogP) is 3.12. The molecule has 1 fully saturated rings. The van der Waals surface area contributed by atoms with Crippen LogP contribution in [0.25, 0.3) is 0 Å². The fourth-order valence-electron chi connectivity index (χ4n) is 1.19. The molecule has 0 aromatic carbocycles. The van der Waals surface area contributed by atoms with E-state index in [1.807, 2.05) is 0 Å². The molecule has 0 aromatic rings. The Balaban J connectivity index is 2.93. The van der Waals surface area contributed by atoms with Crippen molar-refractivity contribution in [1.29, 1.82) is 0 Å². The number of alkyl halides is 4. The van der Waals surface area contributed by atoms with E-state index in [9.17, 15) is 13.2 Å². The molecule has 11 heavy (non-hydrogen) atoms. The summed E-state index contributed by atoms with van der Waals surface area (Å²) in [5.41, 5.74) is -1.29. The van der Waals surface area contributed by atoms with Crippen molar-refractivity contribution < 1.29 is 13.2 Å². The predicted molar refractivity (Wildman–Crippen MR) is 37.6 cm³/mol. The summed E-state index contributed by atoms with van der Waals surface area (Å²) in [6.07, 6.45) is 0.570. The van der Waals surface area contributed by atoms with Crippen LogP contribution in [0.1, 0.15) is 13.3 Å². The zero-order valence-electron chi connectivity index (χ0n) is 6.00. The van der Waals surface area contributed by atoms with Crippen LogP contribution in [0.15, 0.2) is 12.7 Å². The maximum Gasteiger partial charge on any atom is 0.297 e. The lowest BCUT2D eigenvalue weighted by Crippen LogP contribution is -2.63. The third kappa shape index (κ3) is 0.835. The number of allylic oxidation sites excluding steroid dienone is 1. The molecule has 64 valence electrons. The van der Waals surface area contributed by atoms with Gasteiger partial charge in [-0.25, -0.2) is 13.2 Å². The molecular formula is C7H8ClF3. The molecule has 0 bridgehead atoms. The van der Waals surface area contributed by atoms with E-state index in [1.54, 1.807) is 0 Å². The monoisotopic (exact) mass is 184 g/mol. The van der Waals surface area contributed by atoms with Crippen molar-refractivity contribution in [3.8, 4) is 0 Å². The van der Waals surface area contributed by atoms with Gasteiger partial charge in [0.2, 0.25) is 0 Å². The normalized spacial score (nSPS) is 48.1. The Morgan fingerprint density at radius 2 is 1.91 bits per heavy atom. The highest BCUT2D eigenvalue weighted by Crippen LogP contribution is 2.64. The van der Waals surface area contributed by atoms with Gasteiger partial charge in [-0.2, -0.15) is 0 Å². The highest BCUT2D eigenvalue weighted by Gasteiger charge is 2.74. The molecule has 0 aliphatic heterocycles. The van der Waals surface area contributed by atoms with Crippen molar-refractivity contribution in [2.45, 2.75) is 24.4 Å². The minimum Gasteiger partial charge on any atom is -0.219 e. The first-order chi connectivity index (χ1) is 4.77. The summed E-state index contributed by atoms with van der Waals surface area (Å²) in [5, 5.41) is -2.96.